The largest absolute Gasteiger partial charge is 0.447 e. The van der Waals surface area contributed by atoms with Gasteiger partial charge in [0.05, 0.1) is 25.9 Å². The van der Waals surface area contributed by atoms with Crippen LogP contribution < -0.4 is 10.6 Å². The van der Waals surface area contributed by atoms with Gasteiger partial charge in [-0.25, -0.2) is 4.79 Å². The Morgan fingerprint density at radius 3 is 2.09 bits per heavy atom. The normalized spacial score (nSPS) is 10.9. The van der Waals surface area contributed by atoms with E-state index in [4.69, 9.17) is 14.2 Å². The fraction of sp³-hybridized carbons (Fsp3) is 0.875. The van der Waals surface area contributed by atoms with Crippen molar-refractivity contribution >= 4 is 12.0 Å². The fourth-order valence-electron chi connectivity index (χ4n) is 1.52. The van der Waals surface area contributed by atoms with Crippen molar-refractivity contribution in [2.24, 2.45) is 5.92 Å². The van der Waals surface area contributed by atoms with E-state index in [0.717, 1.165) is 6.42 Å². The predicted molar refractivity (Wildman–Crippen MR) is 88.3 cm³/mol. The molecule has 7 nitrogen and oxygen atoms in total. The number of carbonyl (C=O) groups is 2. The second kappa shape index (κ2) is 14.3. The van der Waals surface area contributed by atoms with Crippen LogP contribution in [0, 0.1) is 5.92 Å². The number of alkyl carbamates (subject to hydrolysis) is 1. The molecule has 0 fully saturated rings. The maximum Gasteiger partial charge on any atom is 0.407 e. The van der Waals surface area contributed by atoms with Crippen molar-refractivity contribution in [1.29, 1.82) is 0 Å². The van der Waals surface area contributed by atoms with Crippen molar-refractivity contribution in [3.63, 3.8) is 0 Å². The van der Waals surface area contributed by atoms with Crippen molar-refractivity contribution < 1.29 is 23.8 Å². The molecule has 136 valence electrons. The van der Waals surface area contributed by atoms with Crippen LogP contribution in [-0.4, -0.2) is 57.6 Å². The third-order valence-electron chi connectivity index (χ3n) is 2.74. The Labute approximate surface area is 139 Å². The molecule has 0 atom stereocenters. The summed E-state index contributed by atoms with van der Waals surface area (Å²) < 4.78 is 15.6. The highest BCUT2D eigenvalue weighted by Crippen LogP contribution is 1.99. The number of amides is 2. The summed E-state index contributed by atoms with van der Waals surface area (Å²) in [6.45, 7) is 10.6. The van der Waals surface area contributed by atoms with Gasteiger partial charge in [-0.3, -0.25) is 4.79 Å². The van der Waals surface area contributed by atoms with Gasteiger partial charge in [0.15, 0.2) is 0 Å². The van der Waals surface area contributed by atoms with Gasteiger partial charge in [0, 0.05) is 26.1 Å². The van der Waals surface area contributed by atoms with Crippen LogP contribution in [0.1, 0.15) is 40.5 Å². The predicted octanol–water partition coefficient (Wildman–Crippen LogP) is 1.71. The van der Waals surface area contributed by atoms with Crippen LogP contribution in [0.15, 0.2) is 0 Å². The molecule has 0 aromatic carbocycles. The van der Waals surface area contributed by atoms with E-state index >= 15 is 0 Å². The number of ether oxygens (including phenoxy) is 3. The van der Waals surface area contributed by atoms with Gasteiger partial charge in [0.1, 0.15) is 0 Å². The molecule has 0 aliphatic heterocycles. The van der Waals surface area contributed by atoms with E-state index in [1.807, 2.05) is 0 Å². The van der Waals surface area contributed by atoms with Crippen molar-refractivity contribution in [3.8, 4) is 0 Å². The van der Waals surface area contributed by atoms with Gasteiger partial charge in [-0.05, 0) is 26.2 Å². The lowest BCUT2D eigenvalue weighted by Crippen LogP contribution is -2.31. The minimum Gasteiger partial charge on any atom is -0.447 e. The Morgan fingerprint density at radius 2 is 1.48 bits per heavy atom. The van der Waals surface area contributed by atoms with E-state index in [0.29, 0.717) is 51.9 Å². The molecule has 0 aromatic heterocycles. The highest BCUT2D eigenvalue weighted by molar-refractivity contribution is 5.75. The Morgan fingerprint density at radius 1 is 0.870 bits per heavy atom. The molecule has 0 spiro atoms. The molecule has 2 N–H and O–H groups in total. The van der Waals surface area contributed by atoms with E-state index in [1.165, 1.54) is 0 Å². The molecule has 0 aromatic rings. The standard InChI is InChI=1S/C16H32N2O5/c1-13(2)5-9-21-10-6-15(19)17-7-11-22-12-8-18-16(20)23-14(3)4/h13-14H,5-12H2,1-4H3,(H,17,19)(H,18,20). The van der Waals surface area contributed by atoms with Crippen molar-refractivity contribution in [1.82, 2.24) is 10.6 Å². The first-order chi connectivity index (χ1) is 10.9. The molecular formula is C16H32N2O5. The molecular weight excluding hydrogens is 300 g/mol. The Balaban J connectivity index is 3.31. The van der Waals surface area contributed by atoms with Gasteiger partial charge < -0.3 is 24.8 Å². The summed E-state index contributed by atoms with van der Waals surface area (Å²) in [7, 11) is 0. The third-order valence-corrected chi connectivity index (χ3v) is 2.74. The van der Waals surface area contributed by atoms with E-state index < -0.39 is 6.09 Å². The molecule has 0 heterocycles. The Hall–Kier alpha value is -1.34. The minimum atomic E-state index is -0.450. The zero-order valence-corrected chi connectivity index (χ0v) is 14.9. The van der Waals surface area contributed by atoms with Crippen LogP contribution in [0.2, 0.25) is 0 Å². The highest BCUT2D eigenvalue weighted by atomic mass is 16.6. The summed E-state index contributed by atoms with van der Waals surface area (Å²) in [5.74, 6) is 0.569. The molecule has 0 radical (unpaired) electrons. The molecule has 0 rings (SSSR count). The van der Waals surface area contributed by atoms with Crippen LogP contribution in [0.4, 0.5) is 4.79 Å². The van der Waals surface area contributed by atoms with Crippen molar-refractivity contribution in [2.75, 3.05) is 39.5 Å². The van der Waals surface area contributed by atoms with E-state index in [-0.39, 0.29) is 12.0 Å². The van der Waals surface area contributed by atoms with Gasteiger partial charge in [0.25, 0.3) is 0 Å². The zero-order chi connectivity index (χ0) is 17.5. The van der Waals surface area contributed by atoms with Gasteiger partial charge in [-0.15, -0.1) is 0 Å². The maximum atomic E-state index is 11.5. The highest BCUT2D eigenvalue weighted by Gasteiger charge is 2.03. The molecule has 0 aliphatic rings. The smallest absolute Gasteiger partial charge is 0.407 e. The summed E-state index contributed by atoms with van der Waals surface area (Å²) in [4.78, 5) is 22.7. The molecule has 23 heavy (non-hydrogen) atoms. The summed E-state index contributed by atoms with van der Waals surface area (Å²) in [6.07, 6.45) is 0.782. The lowest BCUT2D eigenvalue weighted by atomic mass is 10.1. The molecule has 0 saturated heterocycles. The summed E-state index contributed by atoms with van der Waals surface area (Å²) in [5.41, 5.74) is 0. The first-order valence-electron chi connectivity index (χ1n) is 8.28. The lowest BCUT2D eigenvalue weighted by Gasteiger charge is -2.10. The monoisotopic (exact) mass is 332 g/mol. The first-order valence-corrected chi connectivity index (χ1v) is 8.28. The number of rotatable bonds is 13. The molecule has 7 heteroatoms. The minimum absolute atomic E-state index is 0.0446. The fourth-order valence-corrected chi connectivity index (χ4v) is 1.52. The average molecular weight is 332 g/mol. The van der Waals surface area contributed by atoms with Crippen molar-refractivity contribution in [2.45, 2.75) is 46.6 Å². The first kappa shape index (κ1) is 21.7. The average Bonchev–Trinajstić information content (AvgIpc) is 2.44. The SMILES string of the molecule is CC(C)CCOCCC(=O)NCCOCCNC(=O)OC(C)C. The van der Waals surface area contributed by atoms with E-state index in [1.54, 1.807) is 13.8 Å². The van der Waals surface area contributed by atoms with Gasteiger partial charge >= 0.3 is 6.09 Å². The lowest BCUT2D eigenvalue weighted by molar-refractivity contribution is -0.122. The number of carbonyl (C=O) groups excluding carboxylic acids is 2. The molecule has 0 unspecified atom stereocenters. The summed E-state index contributed by atoms with van der Waals surface area (Å²) in [6, 6.07) is 0. The number of nitrogens with one attached hydrogen (secondary N) is 2. The molecule has 0 aliphatic carbocycles. The van der Waals surface area contributed by atoms with Crippen LogP contribution in [-0.2, 0) is 19.0 Å². The summed E-state index contributed by atoms with van der Waals surface area (Å²) in [5, 5.41) is 5.32. The molecule has 2 amide bonds. The second-order valence-electron chi connectivity index (χ2n) is 5.89. The zero-order valence-electron chi connectivity index (χ0n) is 14.9. The van der Waals surface area contributed by atoms with E-state index in [9.17, 15) is 9.59 Å². The third kappa shape index (κ3) is 16.9. The van der Waals surface area contributed by atoms with Gasteiger partial charge in [-0.2, -0.15) is 0 Å². The topological polar surface area (TPSA) is 85.9 Å². The van der Waals surface area contributed by atoms with Crippen LogP contribution >= 0.6 is 0 Å². The Bertz CT molecular complexity index is 322. The second-order valence-corrected chi connectivity index (χ2v) is 5.89. The number of hydrogen-bond acceptors (Lipinski definition) is 5. The Kier molecular flexibility index (Phi) is 13.4. The van der Waals surface area contributed by atoms with Gasteiger partial charge in [0.2, 0.25) is 5.91 Å². The van der Waals surface area contributed by atoms with E-state index in [2.05, 4.69) is 24.5 Å². The molecule has 0 bridgehead atoms. The van der Waals surface area contributed by atoms with Crippen LogP contribution in [0.25, 0.3) is 0 Å². The van der Waals surface area contributed by atoms with Crippen LogP contribution in [0.3, 0.4) is 0 Å². The van der Waals surface area contributed by atoms with Crippen LogP contribution in [0.5, 0.6) is 0 Å². The quantitative estimate of drug-likeness (QED) is 0.502. The number of hydrogen-bond donors (Lipinski definition) is 2. The van der Waals surface area contributed by atoms with Gasteiger partial charge in [-0.1, -0.05) is 13.8 Å². The van der Waals surface area contributed by atoms with Crippen molar-refractivity contribution in [3.05, 3.63) is 0 Å². The maximum absolute atomic E-state index is 11.5. The molecule has 0 saturated carbocycles. The summed E-state index contributed by atoms with van der Waals surface area (Å²) >= 11 is 0.